The van der Waals surface area contributed by atoms with E-state index in [1.807, 2.05) is 54.6 Å². The topological polar surface area (TPSA) is 131 Å². The van der Waals surface area contributed by atoms with Gasteiger partial charge in [-0.1, -0.05) is 54.6 Å². The minimum atomic E-state index is -1.33. The molecule has 0 saturated carbocycles. The van der Waals surface area contributed by atoms with Crippen LogP contribution in [0.4, 0.5) is 0 Å². The Kier molecular flexibility index (Phi) is 7.04. The molecule has 31 heavy (non-hydrogen) atoms. The Labute approximate surface area is 180 Å². The standard InChI is InChI=1S/C23H25N3O5/c1-14(27)26-20-18(24)13-19(23(29)30)31-21(20)22(28)25-12-11-15-7-9-17(10-8-15)16-5-3-2-4-6-16/h2-10,13,18,20-21H,11-12,24H2,1H3,(H,25,28)(H,26,27)(H,29,30)/t18-,20+,21+/m0/s1. The smallest absolute Gasteiger partial charge is 0.370 e. The van der Waals surface area contributed by atoms with E-state index in [0.29, 0.717) is 13.0 Å². The zero-order chi connectivity index (χ0) is 22.4. The van der Waals surface area contributed by atoms with Crippen LogP contribution in [0, 0.1) is 0 Å². The van der Waals surface area contributed by atoms with Gasteiger partial charge in [0, 0.05) is 13.5 Å². The maximum absolute atomic E-state index is 12.7. The third-order valence-corrected chi connectivity index (χ3v) is 4.95. The van der Waals surface area contributed by atoms with E-state index in [9.17, 15) is 19.5 Å². The maximum Gasteiger partial charge on any atom is 0.370 e. The molecule has 2 aromatic carbocycles. The highest BCUT2D eigenvalue weighted by Crippen LogP contribution is 2.20. The van der Waals surface area contributed by atoms with Gasteiger partial charge in [-0.25, -0.2) is 4.79 Å². The molecule has 162 valence electrons. The van der Waals surface area contributed by atoms with E-state index in [1.165, 1.54) is 13.0 Å². The van der Waals surface area contributed by atoms with Crippen molar-refractivity contribution in [3.8, 4) is 11.1 Å². The molecule has 0 aliphatic carbocycles. The summed E-state index contributed by atoms with van der Waals surface area (Å²) in [5, 5.41) is 14.5. The van der Waals surface area contributed by atoms with Crippen LogP contribution in [-0.2, 0) is 25.5 Å². The lowest BCUT2D eigenvalue weighted by molar-refractivity contribution is -0.143. The van der Waals surface area contributed by atoms with E-state index in [1.54, 1.807) is 0 Å². The number of ether oxygens (including phenoxy) is 1. The number of hydrogen-bond donors (Lipinski definition) is 4. The van der Waals surface area contributed by atoms with Crippen LogP contribution in [0.3, 0.4) is 0 Å². The van der Waals surface area contributed by atoms with Crippen molar-refractivity contribution in [3.05, 3.63) is 72.0 Å². The molecule has 1 aliphatic heterocycles. The van der Waals surface area contributed by atoms with E-state index >= 15 is 0 Å². The molecule has 0 radical (unpaired) electrons. The number of carboxylic acids is 1. The molecule has 2 amide bonds. The van der Waals surface area contributed by atoms with Crippen molar-refractivity contribution in [2.75, 3.05) is 6.54 Å². The van der Waals surface area contributed by atoms with Crippen molar-refractivity contribution < 1.29 is 24.2 Å². The van der Waals surface area contributed by atoms with Gasteiger partial charge in [-0.3, -0.25) is 9.59 Å². The highest BCUT2D eigenvalue weighted by molar-refractivity contribution is 5.88. The molecular formula is C23H25N3O5. The van der Waals surface area contributed by atoms with Gasteiger partial charge in [0.2, 0.25) is 11.7 Å². The molecule has 1 heterocycles. The van der Waals surface area contributed by atoms with E-state index in [2.05, 4.69) is 10.6 Å². The third kappa shape index (κ3) is 5.70. The molecule has 0 bridgehead atoms. The highest BCUT2D eigenvalue weighted by atomic mass is 16.5. The first-order valence-electron chi connectivity index (χ1n) is 9.91. The van der Waals surface area contributed by atoms with Crippen LogP contribution >= 0.6 is 0 Å². The van der Waals surface area contributed by atoms with Gasteiger partial charge < -0.3 is 26.2 Å². The second-order valence-electron chi connectivity index (χ2n) is 7.28. The van der Waals surface area contributed by atoms with E-state index in [4.69, 9.17) is 10.5 Å². The molecule has 8 heteroatoms. The Hall–Kier alpha value is -3.65. The summed E-state index contributed by atoms with van der Waals surface area (Å²) in [5.74, 6) is -2.67. The number of aliphatic carboxylic acids is 1. The number of carbonyl (C=O) groups excluding carboxylic acids is 2. The Morgan fingerprint density at radius 3 is 2.29 bits per heavy atom. The largest absolute Gasteiger partial charge is 0.475 e. The Bertz CT molecular complexity index is 972. The number of benzene rings is 2. The first kappa shape index (κ1) is 22.0. The lowest BCUT2D eigenvalue weighted by Crippen LogP contribution is -2.61. The number of amides is 2. The lowest BCUT2D eigenvalue weighted by atomic mass is 9.98. The molecule has 0 spiro atoms. The monoisotopic (exact) mass is 423 g/mol. The minimum absolute atomic E-state index is 0.317. The van der Waals surface area contributed by atoms with Crippen LogP contribution in [0.25, 0.3) is 11.1 Å². The average Bonchev–Trinajstić information content (AvgIpc) is 2.75. The van der Waals surface area contributed by atoms with E-state index < -0.39 is 41.7 Å². The van der Waals surface area contributed by atoms with E-state index in [-0.39, 0.29) is 0 Å². The van der Waals surface area contributed by atoms with Gasteiger partial charge in [-0.15, -0.1) is 0 Å². The Balaban J connectivity index is 1.60. The molecule has 0 saturated heterocycles. The lowest BCUT2D eigenvalue weighted by Gasteiger charge is -2.34. The van der Waals surface area contributed by atoms with Crippen LogP contribution in [0.2, 0.25) is 0 Å². The average molecular weight is 423 g/mol. The Morgan fingerprint density at radius 1 is 1.03 bits per heavy atom. The third-order valence-electron chi connectivity index (χ3n) is 4.95. The number of rotatable bonds is 7. The number of nitrogens with one attached hydrogen (secondary N) is 2. The molecule has 0 fully saturated rings. The molecular weight excluding hydrogens is 398 g/mol. The fraction of sp³-hybridized carbons (Fsp3) is 0.261. The van der Waals surface area contributed by atoms with Gasteiger partial charge in [0.15, 0.2) is 6.10 Å². The molecule has 0 aromatic heterocycles. The van der Waals surface area contributed by atoms with Crippen LogP contribution < -0.4 is 16.4 Å². The summed E-state index contributed by atoms with van der Waals surface area (Å²) in [6, 6.07) is 16.3. The fourth-order valence-electron chi connectivity index (χ4n) is 3.40. The van der Waals surface area contributed by atoms with Crippen molar-refractivity contribution in [3.63, 3.8) is 0 Å². The quantitative estimate of drug-likeness (QED) is 0.530. The van der Waals surface area contributed by atoms with Gasteiger partial charge in [-0.2, -0.15) is 0 Å². The summed E-state index contributed by atoms with van der Waals surface area (Å²) in [5.41, 5.74) is 9.21. The van der Waals surface area contributed by atoms with Crippen molar-refractivity contribution >= 4 is 17.8 Å². The SMILES string of the molecule is CC(=O)N[C@@H]1[C@@H](N)C=C(C(=O)O)O[C@H]1C(=O)NCCc1ccc(-c2ccccc2)cc1. The molecule has 3 rings (SSSR count). The maximum atomic E-state index is 12.7. The summed E-state index contributed by atoms with van der Waals surface area (Å²) in [6.07, 6.45) is 0.517. The van der Waals surface area contributed by atoms with Gasteiger partial charge >= 0.3 is 5.97 Å². The van der Waals surface area contributed by atoms with Gasteiger partial charge in [0.1, 0.15) is 0 Å². The van der Waals surface area contributed by atoms with Crippen LogP contribution in [0.15, 0.2) is 66.4 Å². The summed E-state index contributed by atoms with van der Waals surface area (Å²) in [7, 11) is 0. The van der Waals surface area contributed by atoms with Crippen LogP contribution in [0.1, 0.15) is 12.5 Å². The highest BCUT2D eigenvalue weighted by Gasteiger charge is 2.40. The normalized spacial score (nSPS) is 20.2. The van der Waals surface area contributed by atoms with Crippen LogP contribution in [0.5, 0.6) is 0 Å². The molecule has 0 unspecified atom stereocenters. The van der Waals surface area contributed by atoms with Gasteiger partial charge in [0.25, 0.3) is 5.91 Å². The zero-order valence-electron chi connectivity index (χ0n) is 17.1. The molecule has 2 aromatic rings. The van der Waals surface area contributed by atoms with E-state index in [0.717, 1.165) is 16.7 Å². The predicted octanol–water partition coefficient (Wildman–Crippen LogP) is 1.21. The van der Waals surface area contributed by atoms with Crippen LogP contribution in [-0.4, -0.2) is 47.6 Å². The summed E-state index contributed by atoms with van der Waals surface area (Å²) < 4.78 is 5.32. The minimum Gasteiger partial charge on any atom is -0.475 e. The molecule has 3 atom stereocenters. The van der Waals surface area contributed by atoms with Crippen molar-refractivity contribution in [2.24, 2.45) is 5.73 Å². The summed E-state index contributed by atoms with van der Waals surface area (Å²) in [4.78, 5) is 35.4. The summed E-state index contributed by atoms with van der Waals surface area (Å²) >= 11 is 0. The fourth-order valence-corrected chi connectivity index (χ4v) is 3.40. The van der Waals surface area contributed by atoms with Gasteiger partial charge in [0.05, 0.1) is 12.1 Å². The Morgan fingerprint density at radius 2 is 1.68 bits per heavy atom. The number of nitrogens with two attached hydrogens (primary N) is 1. The molecule has 8 nitrogen and oxygen atoms in total. The molecule has 1 aliphatic rings. The van der Waals surface area contributed by atoms with Gasteiger partial charge in [-0.05, 0) is 29.2 Å². The second-order valence-corrected chi connectivity index (χ2v) is 7.28. The first-order chi connectivity index (χ1) is 14.8. The van der Waals surface area contributed by atoms with Crippen molar-refractivity contribution in [1.29, 1.82) is 0 Å². The predicted molar refractivity (Wildman–Crippen MR) is 115 cm³/mol. The zero-order valence-corrected chi connectivity index (χ0v) is 17.1. The molecule has 5 N–H and O–H groups in total. The summed E-state index contributed by atoms with van der Waals surface area (Å²) in [6.45, 7) is 1.61. The number of hydrogen-bond acceptors (Lipinski definition) is 5. The second kappa shape index (κ2) is 9.90. The first-order valence-corrected chi connectivity index (χ1v) is 9.91. The van der Waals surface area contributed by atoms with Crippen molar-refractivity contribution in [1.82, 2.24) is 10.6 Å². The van der Waals surface area contributed by atoms with Crippen molar-refractivity contribution in [2.45, 2.75) is 31.5 Å². The number of carboxylic acid groups (broad SMARTS) is 1. The number of carbonyl (C=O) groups is 3.